The molecule has 1 amide bonds. The van der Waals surface area contributed by atoms with Gasteiger partial charge in [0.1, 0.15) is 13.2 Å². The number of carbonyl (C=O) groups is 1. The minimum absolute atomic E-state index is 0.0580. The van der Waals surface area contributed by atoms with Crippen molar-refractivity contribution in [2.75, 3.05) is 19.8 Å². The molecule has 3 N–H and O–H groups in total. The number of carbonyl (C=O) groups excluding carboxylic acids is 1. The average molecular weight is 290 g/mol. The van der Waals surface area contributed by atoms with E-state index in [9.17, 15) is 4.79 Å². The average Bonchev–Trinajstić information content (AvgIpc) is 2.55. The van der Waals surface area contributed by atoms with Crippen LogP contribution in [0, 0.1) is 5.92 Å². The van der Waals surface area contributed by atoms with E-state index in [2.05, 4.69) is 5.32 Å². The monoisotopic (exact) mass is 290 g/mol. The van der Waals surface area contributed by atoms with E-state index in [0.29, 0.717) is 42.7 Å². The SMILES string of the molecule is NCC1CCCCC1NC(=O)c1ccc2c(c1)OCCO2. The molecule has 0 bridgehead atoms. The summed E-state index contributed by atoms with van der Waals surface area (Å²) >= 11 is 0. The quantitative estimate of drug-likeness (QED) is 0.888. The second kappa shape index (κ2) is 6.35. The summed E-state index contributed by atoms with van der Waals surface area (Å²) in [5.41, 5.74) is 6.42. The van der Waals surface area contributed by atoms with Gasteiger partial charge in [0.15, 0.2) is 11.5 Å². The van der Waals surface area contributed by atoms with E-state index in [1.807, 2.05) is 0 Å². The van der Waals surface area contributed by atoms with Crippen molar-refractivity contribution < 1.29 is 14.3 Å². The zero-order valence-electron chi connectivity index (χ0n) is 12.1. The van der Waals surface area contributed by atoms with Gasteiger partial charge in [0, 0.05) is 11.6 Å². The lowest BCUT2D eigenvalue weighted by Gasteiger charge is -2.31. The predicted octanol–water partition coefficient (Wildman–Crippen LogP) is 1.71. The number of fused-ring (bicyclic) bond motifs is 1. The number of hydrogen-bond donors (Lipinski definition) is 2. The number of nitrogens with two attached hydrogens (primary N) is 1. The molecule has 0 spiro atoms. The first-order chi connectivity index (χ1) is 10.3. The van der Waals surface area contributed by atoms with Crippen LogP contribution in [0.1, 0.15) is 36.0 Å². The van der Waals surface area contributed by atoms with E-state index in [0.717, 1.165) is 19.3 Å². The Morgan fingerprint density at radius 3 is 2.76 bits per heavy atom. The summed E-state index contributed by atoms with van der Waals surface area (Å²) in [7, 11) is 0. The third-order valence-corrected chi connectivity index (χ3v) is 4.33. The van der Waals surface area contributed by atoms with E-state index >= 15 is 0 Å². The van der Waals surface area contributed by atoms with Crippen LogP contribution < -0.4 is 20.5 Å². The van der Waals surface area contributed by atoms with Crippen molar-refractivity contribution in [3.05, 3.63) is 23.8 Å². The summed E-state index contributed by atoms with van der Waals surface area (Å²) < 4.78 is 11.0. The van der Waals surface area contributed by atoms with Gasteiger partial charge in [0.2, 0.25) is 0 Å². The van der Waals surface area contributed by atoms with Crippen LogP contribution in [-0.4, -0.2) is 31.7 Å². The number of rotatable bonds is 3. The van der Waals surface area contributed by atoms with Gasteiger partial charge >= 0.3 is 0 Å². The second-order valence-corrected chi connectivity index (χ2v) is 5.72. The van der Waals surface area contributed by atoms with Crippen molar-refractivity contribution in [3.63, 3.8) is 0 Å². The standard InChI is InChI=1S/C16H22N2O3/c17-10-12-3-1-2-4-13(12)18-16(19)11-5-6-14-15(9-11)21-8-7-20-14/h5-6,9,12-13H,1-4,7-8,10,17H2,(H,18,19). The van der Waals surface area contributed by atoms with Crippen LogP contribution in [0.2, 0.25) is 0 Å². The Bertz CT molecular complexity index is 518. The molecule has 1 aromatic carbocycles. The van der Waals surface area contributed by atoms with E-state index in [-0.39, 0.29) is 11.9 Å². The fourth-order valence-corrected chi connectivity index (χ4v) is 3.12. The highest BCUT2D eigenvalue weighted by Crippen LogP contribution is 2.31. The molecule has 0 radical (unpaired) electrons. The smallest absolute Gasteiger partial charge is 0.251 e. The molecule has 2 atom stereocenters. The largest absolute Gasteiger partial charge is 0.486 e. The summed E-state index contributed by atoms with van der Waals surface area (Å²) in [6.07, 6.45) is 4.47. The summed E-state index contributed by atoms with van der Waals surface area (Å²) in [5.74, 6) is 1.68. The molecule has 1 saturated carbocycles. The maximum absolute atomic E-state index is 12.4. The summed E-state index contributed by atoms with van der Waals surface area (Å²) in [4.78, 5) is 12.4. The van der Waals surface area contributed by atoms with E-state index in [1.54, 1.807) is 18.2 Å². The van der Waals surface area contributed by atoms with Crippen LogP contribution in [-0.2, 0) is 0 Å². The third-order valence-electron chi connectivity index (χ3n) is 4.33. The van der Waals surface area contributed by atoms with Crippen molar-refractivity contribution in [2.24, 2.45) is 11.7 Å². The Balaban J connectivity index is 1.70. The first-order valence-electron chi connectivity index (χ1n) is 7.68. The topological polar surface area (TPSA) is 73.6 Å². The molecule has 1 aromatic rings. The predicted molar refractivity (Wildman–Crippen MR) is 79.7 cm³/mol. The van der Waals surface area contributed by atoms with Gasteiger partial charge in [-0.15, -0.1) is 0 Å². The van der Waals surface area contributed by atoms with Crippen LogP contribution in [0.3, 0.4) is 0 Å². The van der Waals surface area contributed by atoms with Crippen LogP contribution in [0.4, 0.5) is 0 Å². The van der Waals surface area contributed by atoms with Crippen molar-refractivity contribution in [1.29, 1.82) is 0 Å². The van der Waals surface area contributed by atoms with Gasteiger partial charge in [-0.25, -0.2) is 0 Å². The maximum atomic E-state index is 12.4. The Labute approximate surface area is 124 Å². The third kappa shape index (κ3) is 3.13. The Hall–Kier alpha value is -1.75. The fourth-order valence-electron chi connectivity index (χ4n) is 3.12. The summed E-state index contributed by atoms with van der Waals surface area (Å²) in [6, 6.07) is 5.52. The van der Waals surface area contributed by atoms with Gasteiger partial charge in [-0.1, -0.05) is 12.8 Å². The molecule has 5 nitrogen and oxygen atoms in total. The highest BCUT2D eigenvalue weighted by Gasteiger charge is 2.26. The first-order valence-corrected chi connectivity index (χ1v) is 7.68. The number of nitrogens with one attached hydrogen (secondary N) is 1. The molecule has 5 heteroatoms. The Morgan fingerprint density at radius 2 is 1.95 bits per heavy atom. The molecule has 1 fully saturated rings. The van der Waals surface area contributed by atoms with E-state index in [1.165, 1.54) is 6.42 Å². The van der Waals surface area contributed by atoms with Crippen molar-refractivity contribution in [1.82, 2.24) is 5.32 Å². The molecule has 0 aromatic heterocycles. The highest BCUT2D eigenvalue weighted by atomic mass is 16.6. The zero-order chi connectivity index (χ0) is 14.7. The van der Waals surface area contributed by atoms with Gasteiger partial charge < -0.3 is 20.5 Å². The lowest BCUT2D eigenvalue weighted by atomic mass is 9.84. The van der Waals surface area contributed by atoms with Gasteiger partial charge in [-0.2, -0.15) is 0 Å². The molecular weight excluding hydrogens is 268 g/mol. The molecule has 1 heterocycles. The number of hydrogen-bond acceptors (Lipinski definition) is 4. The van der Waals surface area contributed by atoms with Gasteiger partial charge in [0.25, 0.3) is 5.91 Å². The summed E-state index contributed by atoms with van der Waals surface area (Å²) in [6.45, 7) is 1.71. The summed E-state index contributed by atoms with van der Waals surface area (Å²) in [5, 5.41) is 3.13. The molecular formula is C16H22N2O3. The number of benzene rings is 1. The second-order valence-electron chi connectivity index (χ2n) is 5.72. The van der Waals surface area contributed by atoms with Crippen molar-refractivity contribution in [3.8, 4) is 11.5 Å². The molecule has 2 aliphatic rings. The lowest BCUT2D eigenvalue weighted by Crippen LogP contribution is -2.44. The zero-order valence-corrected chi connectivity index (χ0v) is 12.1. The minimum Gasteiger partial charge on any atom is -0.486 e. The number of amides is 1. The van der Waals surface area contributed by atoms with Gasteiger partial charge in [-0.05, 0) is 43.5 Å². The highest BCUT2D eigenvalue weighted by molar-refractivity contribution is 5.95. The first kappa shape index (κ1) is 14.2. The number of ether oxygens (including phenoxy) is 2. The molecule has 1 aliphatic heterocycles. The van der Waals surface area contributed by atoms with Gasteiger partial charge in [0.05, 0.1) is 0 Å². The van der Waals surface area contributed by atoms with E-state index < -0.39 is 0 Å². The van der Waals surface area contributed by atoms with Gasteiger partial charge in [-0.3, -0.25) is 4.79 Å². The molecule has 2 unspecified atom stereocenters. The molecule has 0 saturated heterocycles. The molecule has 3 rings (SSSR count). The molecule has 114 valence electrons. The van der Waals surface area contributed by atoms with Crippen LogP contribution >= 0.6 is 0 Å². The Morgan fingerprint density at radius 1 is 1.19 bits per heavy atom. The van der Waals surface area contributed by atoms with Crippen LogP contribution in [0.5, 0.6) is 11.5 Å². The molecule has 21 heavy (non-hydrogen) atoms. The molecule has 1 aliphatic carbocycles. The lowest BCUT2D eigenvalue weighted by molar-refractivity contribution is 0.0907. The fraction of sp³-hybridized carbons (Fsp3) is 0.562. The Kier molecular flexibility index (Phi) is 4.29. The van der Waals surface area contributed by atoms with Crippen molar-refractivity contribution in [2.45, 2.75) is 31.7 Å². The van der Waals surface area contributed by atoms with Crippen LogP contribution in [0.25, 0.3) is 0 Å². The minimum atomic E-state index is -0.0580. The van der Waals surface area contributed by atoms with Crippen molar-refractivity contribution >= 4 is 5.91 Å². The normalized spacial score (nSPS) is 24.4. The van der Waals surface area contributed by atoms with Crippen LogP contribution in [0.15, 0.2) is 18.2 Å². The maximum Gasteiger partial charge on any atom is 0.251 e. The van der Waals surface area contributed by atoms with E-state index in [4.69, 9.17) is 15.2 Å².